The van der Waals surface area contributed by atoms with Crippen molar-refractivity contribution in [3.8, 4) is 0 Å². The van der Waals surface area contributed by atoms with E-state index in [1.165, 1.54) is 12.8 Å². The molecule has 1 aliphatic carbocycles. The van der Waals surface area contributed by atoms with Crippen LogP contribution in [0.15, 0.2) is 53.5 Å². The Morgan fingerprint density at radius 3 is 2.84 bits per heavy atom. The Hall–Kier alpha value is -2.17. The van der Waals surface area contributed by atoms with Gasteiger partial charge in [-0.3, -0.25) is 14.7 Å². The van der Waals surface area contributed by atoms with Crippen molar-refractivity contribution in [1.82, 2.24) is 14.9 Å². The molecule has 0 spiro atoms. The zero-order valence-electron chi connectivity index (χ0n) is 14.1. The number of aromatic amines is 1. The fourth-order valence-corrected chi connectivity index (χ4v) is 3.75. The monoisotopic (exact) mass is 353 g/mol. The van der Waals surface area contributed by atoms with Gasteiger partial charge in [0.2, 0.25) is 0 Å². The zero-order valence-corrected chi connectivity index (χ0v) is 14.8. The summed E-state index contributed by atoms with van der Waals surface area (Å²) in [6.07, 6.45) is 4.30. The smallest absolute Gasteiger partial charge is 0.189 e. The minimum atomic E-state index is 0.000424. The third-order valence-corrected chi connectivity index (χ3v) is 5.14. The number of fused-ring (bicyclic) bond motifs is 1. The van der Waals surface area contributed by atoms with Gasteiger partial charge in [0, 0.05) is 29.9 Å². The van der Waals surface area contributed by atoms with Crippen molar-refractivity contribution >= 4 is 22.5 Å². The van der Waals surface area contributed by atoms with E-state index in [0.29, 0.717) is 28.4 Å². The molecule has 0 unspecified atom stereocenters. The topological polar surface area (TPSA) is 49.0 Å². The van der Waals surface area contributed by atoms with Gasteiger partial charge in [0.05, 0.1) is 22.3 Å². The van der Waals surface area contributed by atoms with Gasteiger partial charge in [0.15, 0.2) is 5.43 Å². The number of nitrogens with one attached hydrogen (secondary N) is 1. The van der Waals surface area contributed by atoms with Gasteiger partial charge in [-0.2, -0.15) is 0 Å². The van der Waals surface area contributed by atoms with Crippen LogP contribution in [0.5, 0.6) is 0 Å². The Morgan fingerprint density at radius 1 is 1.28 bits per heavy atom. The summed E-state index contributed by atoms with van der Waals surface area (Å²) in [5.74, 6) is 0.635. The van der Waals surface area contributed by atoms with Crippen LogP contribution >= 0.6 is 11.6 Å². The molecule has 0 radical (unpaired) electrons. The van der Waals surface area contributed by atoms with E-state index in [9.17, 15) is 4.79 Å². The standard InChI is InChI=1S/C20H20ClN3O/c1-24(20(13-8-9-13)17-7-2-3-10-22-17)12-14-11-18(25)15-5-4-6-16(21)19(15)23-14/h2-7,10-11,13,20H,8-9,12H2,1H3,(H,23,25)/t20-/m0/s1. The average molecular weight is 354 g/mol. The number of nitrogens with zero attached hydrogens (tertiary/aromatic N) is 2. The van der Waals surface area contributed by atoms with Gasteiger partial charge in [-0.15, -0.1) is 0 Å². The predicted molar refractivity (Wildman–Crippen MR) is 101 cm³/mol. The summed E-state index contributed by atoms with van der Waals surface area (Å²) in [7, 11) is 2.09. The van der Waals surface area contributed by atoms with Crippen LogP contribution in [0, 0.1) is 5.92 Å². The molecule has 2 heterocycles. The summed E-state index contributed by atoms with van der Waals surface area (Å²) in [5.41, 5.74) is 2.67. The second-order valence-electron chi connectivity index (χ2n) is 6.77. The van der Waals surface area contributed by atoms with E-state index < -0.39 is 0 Å². The van der Waals surface area contributed by atoms with Crippen LogP contribution in [0.2, 0.25) is 5.02 Å². The maximum absolute atomic E-state index is 12.4. The quantitative estimate of drug-likeness (QED) is 0.749. The highest BCUT2D eigenvalue weighted by Gasteiger charge is 2.35. The number of rotatable bonds is 5. The van der Waals surface area contributed by atoms with E-state index in [0.717, 1.165) is 11.4 Å². The third-order valence-electron chi connectivity index (χ3n) is 4.82. The van der Waals surface area contributed by atoms with E-state index in [2.05, 4.69) is 28.0 Å². The fourth-order valence-electron chi connectivity index (χ4n) is 3.53. The van der Waals surface area contributed by atoms with Crippen LogP contribution in [0.25, 0.3) is 10.9 Å². The fraction of sp³-hybridized carbons (Fsp3) is 0.300. The molecule has 1 saturated carbocycles. The molecule has 0 amide bonds. The minimum absolute atomic E-state index is 0.000424. The number of halogens is 1. The molecule has 0 saturated heterocycles. The molecule has 4 rings (SSSR count). The number of H-pyrrole nitrogens is 1. The number of hydrogen-bond donors (Lipinski definition) is 1. The molecular formula is C20H20ClN3O. The number of para-hydroxylation sites is 1. The van der Waals surface area contributed by atoms with Gasteiger partial charge < -0.3 is 4.98 Å². The number of pyridine rings is 2. The van der Waals surface area contributed by atoms with Gasteiger partial charge in [-0.05, 0) is 50.1 Å². The molecule has 5 heteroatoms. The molecule has 1 atom stereocenters. The van der Waals surface area contributed by atoms with E-state index in [-0.39, 0.29) is 11.5 Å². The van der Waals surface area contributed by atoms with Gasteiger partial charge in [-0.25, -0.2) is 0 Å². The van der Waals surface area contributed by atoms with Crippen LogP contribution in [0.1, 0.15) is 30.3 Å². The predicted octanol–water partition coefficient (Wildman–Crippen LogP) is 4.16. The highest BCUT2D eigenvalue weighted by atomic mass is 35.5. The summed E-state index contributed by atoms with van der Waals surface area (Å²) in [5, 5.41) is 1.20. The molecule has 2 aromatic heterocycles. The van der Waals surface area contributed by atoms with Crippen molar-refractivity contribution in [1.29, 1.82) is 0 Å². The molecular weight excluding hydrogens is 334 g/mol. The van der Waals surface area contributed by atoms with E-state index in [1.807, 2.05) is 18.3 Å². The molecule has 0 aliphatic heterocycles. The Bertz CT molecular complexity index is 950. The first-order chi connectivity index (χ1) is 12.1. The van der Waals surface area contributed by atoms with E-state index in [1.54, 1.807) is 24.3 Å². The average Bonchev–Trinajstić information content (AvgIpc) is 3.42. The summed E-state index contributed by atoms with van der Waals surface area (Å²) < 4.78 is 0. The molecule has 25 heavy (non-hydrogen) atoms. The number of benzene rings is 1. The first kappa shape index (κ1) is 16.3. The molecule has 128 valence electrons. The van der Waals surface area contributed by atoms with Crippen molar-refractivity contribution in [3.05, 3.63) is 75.3 Å². The second-order valence-corrected chi connectivity index (χ2v) is 7.18. The lowest BCUT2D eigenvalue weighted by molar-refractivity contribution is 0.206. The lowest BCUT2D eigenvalue weighted by atomic mass is 10.1. The highest BCUT2D eigenvalue weighted by molar-refractivity contribution is 6.35. The van der Waals surface area contributed by atoms with Crippen molar-refractivity contribution in [2.24, 2.45) is 5.92 Å². The lowest BCUT2D eigenvalue weighted by Gasteiger charge is -2.27. The van der Waals surface area contributed by atoms with Crippen molar-refractivity contribution in [2.45, 2.75) is 25.4 Å². The number of aromatic nitrogens is 2. The zero-order chi connectivity index (χ0) is 17.4. The maximum atomic E-state index is 12.4. The third kappa shape index (κ3) is 3.32. The van der Waals surface area contributed by atoms with Crippen LogP contribution in [-0.4, -0.2) is 21.9 Å². The first-order valence-corrected chi connectivity index (χ1v) is 8.93. The molecule has 1 N–H and O–H groups in total. The van der Waals surface area contributed by atoms with Crippen molar-refractivity contribution in [2.75, 3.05) is 7.05 Å². The van der Waals surface area contributed by atoms with Gasteiger partial charge in [0.25, 0.3) is 0 Å². The Labute approximate surface area is 151 Å². The van der Waals surface area contributed by atoms with Gasteiger partial charge in [-0.1, -0.05) is 23.7 Å². The van der Waals surface area contributed by atoms with Crippen LogP contribution in [0.3, 0.4) is 0 Å². The molecule has 1 aromatic carbocycles. The highest BCUT2D eigenvalue weighted by Crippen LogP contribution is 2.43. The van der Waals surface area contributed by atoms with Crippen LogP contribution in [0.4, 0.5) is 0 Å². The van der Waals surface area contributed by atoms with Crippen molar-refractivity contribution < 1.29 is 0 Å². The summed E-state index contributed by atoms with van der Waals surface area (Å²) in [4.78, 5) is 22.6. The Morgan fingerprint density at radius 2 is 2.12 bits per heavy atom. The van der Waals surface area contributed by atoms with Gasteiger partial charge in [0.1, 0.15) is 0 Å². The Balaban J connectivity index is 1.66. The van der Waals surface area contributed by atoms with Crippen molar-refractivity contribution in [3.63, 3.8) is 0 Å². The normalized spacial score (nSPS) is 15.6. The summed E-state index contributed by atoms with van der Waals surface area (Å²) in [6.45, 7) is 0.647. The largest absolute Gasteiger partial charge is 0.356 e. The maximum Gasteiger partial charge on any atom is 0.189 e. The first-order valence-electron chi connectivity index (χ1n) is 8.55. The SMILES string of the molecule is CN(Cc1cc(=O)c2cccc(Cl)c2[nH]1)[C@H](c1ccccn1)C1CC1. The molecule has 0 bridgehead atoms. The van der Waals surface area contributed by atoms with E-state index in [4.69, 9.17) is 11.6 Å². The van der Waals surface area contributed by atoms with Crippen LogP contribution < -0.4 is 5.43 Å². The molecule has 4 nitrogen and oxygen atoms in total. The Kier molecular flexibility index (Phi) is 4.32. The lowest BCUT2D eigenvalue weighted by Crippen LogP contribution is -2.27. The molecule has 1 fully saturated rings. The summed E-state index contributed by atoms with van der Waals surface area (Å²) in [6, 6.07) is 13.4. The minimum Gasteiger partial charge on any atom is -0.356 e. The summed E-state index contributed by atoms with van der Waals surface area (Å²) >= 11 is 6.26. The number of hydrogen-bond acceptors (Lipinski definition) is 3. The molecule has 3 aromatic rings. The van der Waals surface area contributed by atoms with E-state index >= 15 is 0 Å². The van der Waals surface area contributed by atoms with Crippen LogP contribution in [-0.2, 0) is 6.54 Å². The molecule has 1 aliphatic rings. The second kappa shape index (κ2) is 6.62. The van der Waals surface area contributed by atoms with Gasteiger partial charge >= 0.3 is 0 Å².